The van der Waals surface area contributed by atoms with Gasteiger partial charge in [-0.3, -0.25) is 19.6 Å². The van der Waals surface area contributed by atoms with Crippen LogP contribution in [0.4, 0.5) is 11.5 Å². The number of hydrogen-bond donors (Lipinski definition) is 3. The minimum Gasteiger partial charge on any atom is -0.481 e. The first-order chi connectivity index (χ1) is 26.2. The van der Waals surface area contributed by atoms with Gasteiger partial charge in [0.2, 0.25) is 0 Å². The first-order valence-corrected chi connectivity index (χ1v) is 18.8. The van der Waals surface area contributed by atoms with Gasteiger partial charge in [-0.2, -0.15) is 5.26 Å². The van der Waals surface area contributed by atoms with Gasteiger partial charge in [-0.05, 0) is 109 Å². The third kappa shape index (κ3) is 5.99. The molecule has 0 saturated carbocycles. The number of likely N-dealkylation sites (tertiary alicyclic amines) is 2. The van der Waals surface area contributed by atoms with Crippen molar-refractivity contribution in [2.24, 2.45) is 5.92 Å². The van der Waals surface area contributed by atoms with E-state index in [2.05, 4.69) is 88.5 Å². The molecule has 54 heavy (non-hydrogen) atoms. The normalized spacial score (nSPS) is 19.1. The van der Waals surface area contributed by atoms with Gasteiger partial charge in [0.1, 0.15) is 17.3 Å². The number of carboxylic acid groups (broad SMARTS) is 1. The number of aliphatic hydroxyl groups is 1. The summed E-state index contributed by atoms with van der Waals surface area (Å²) in [4.78, 5) is 25.5. The average Bonchev–Trinajstić information content (AvgIpc) is 3.76. The lowest BCUT2D eigenvalue weighted by molar-refractivity contribution is -0.149. The number of aliphatic hydroxyl groups excluding tert-OH is 1. The van der Waals surface area contributed by atoms with Gasteiger partial charge >= 0.3 is 5.97 Å². The molecule has 0 spiro atoms. The van der Waals surface area contributed by atoms with Crippen molar-refractivity contribution in [3.8, 4) is 28.5 Å². The maximum atomic E-state index is 11.5. The van der Waals surface area contributed by atoms with E-state index < -0.39 is 5.97 Å². The van der Waals surface area contributed by atoms with E-state index in [-0.39, 0.29) is 18.1 Å². The smallest absolute Gasteiger partial charge is 0.309 e. The van der Waals surface area contributed by atoms with Gasteiger partial charge in [0.05, 0.1) is 17.6 Å². The summed E-state index contributed by atoms with van der Waals surface area (Å²) < 4.78 is 6.57. The molecule has 3 aromatic carbocycles. The number of pyridine rings is 2. The minimum atomic E-state index is -0.741. The second-order valence-corrected chi connectivity index (χ2v) is 15.2. The van der Waals surface area contributed by atoms with Gasteiger partial charge in [0.15, 0.2) is 11.4 Å². The number of carboxylic acids is 1. The summed E-state index contributed by atoms with van der Waals surface area (Å²) in [6, 6.07) is 23.4. The Labute approximate surface area is 313 Å². The highest BCUT2D eigenvalue weighted by atomic mass is 16.4. The van der Waals surface area contributed by atoms with E-state index in [0.717, 1.165) is 105 Å². The summed E-state index contributed by atoms with van der Waals surface area (Å²) in [6.45, 7) is 7.66. The summed E-state index contributed by atoms with van der Waals surface area (Å²) in [6.07, 6.45) is 6.99. The standard InChI is InChI=1S/C44H42N6O4/c1-25-32(33-7-4-10-38(26(33)2)48-43-41-28(12-14-46-43)16-27(20-47-41)21-49-15-13-31(51)24-49)6-3-8-34(25)40-18-29-17-36-35(37(19-45)42(29)54-40)9-5-11-39(36)50-22-30(23-50)44(52)53/h3-4,6-8,10,12,14,16-18,20,30-31,39,51H,5,9,11,13,15,21-24H2,1-2H3,(H,46,48)(H,52,53)/t31-,39?/m1/s1. The molecule has 0 radical (unpaired) electrons. The SMILES string of the molecule is Cc1c(Nc2nccc3cc(CN4CC[C@@H](O)C4)cnc23)cccc1-c1cccc(-c2cc3cc4c(c(C#N)c3o2)CCCC4N2CC(C(=O)O)C2)c1C. The molecule has 9 rings (SSSR count). The molecular formula is C44H42N6O4. The van der Waals surface area contributed by atoms with Crippen molar-refractivity contribution >= 4 is 39.3 Å². The molecular weight excluding hydrogens is 677 g/mol. The molecule has 6 aromatic rings. The minimum absolute atomic E-state index is 0.112. The van der Waals surface area contributed by atoms with Crippen LogP contribution in [-0.4, -0.2) is 68.2 Å². The molecule has 0 amide bonds. The van der Waals surface area contributed by atoms with Crippen LogP contribution in [0.3, 0.4) is 0 Å². The molecule has 3 aromatic heterocycles. The number of furan rings is 1. The number of nitrogens with zero attached hydrogens (tertiary/aromatic N) is 5. The first-order valence-electron chi connectivity index (χ1n) is 18.8. The van der Waals surface area contributed by atoms with E-state index in [1.165, 1.54) is 0 Å². The van der Waals surface area contributed by atoms with Crippen molar-refractivity contribution in [3.63, 3.8) is 0 Å². The zero-order chi connectivity index (χ0) is 37.1. The number of aromatic nitrogens is 2. The fourth-order valence-corrected chi connectivity index (χ4v) is 8.87. The molecule has 2 fully saturated rings. The van der Waals surface area contributed by atoms with Crippen molar-refractivity contribution in [1.29, 1.82) is 5.26 Å². The lowest BCUT2D eigenvalue weighted by Gasteiger charge is -2.44. The Morgan fingerprint density at radius 2 is 1.78 bits per heavy atom. The van der Waals surface area contributed by atoms with E-state index in [9.17, 15) is 20.3 Å². The van der Waals surface area contributed by atoms with Crippen molar-refractivity contribution in [3.05, 3.63) is 106 Å². The topological polar surface area (TPSA) is 139 Å². The van der Waals surface area contributed by atoms with Crippen LogP contribution in [0.15, 0.2) is 77.5 Å². The molecule has 3 N–H and O–H groups in total. The summed E-state index contributed by atoms with van der Waals surface area (Å²) >= 11 is 0. The summed E-state index contributed by atoms with van der Waals surface area (Å²) in [5, 5.41) is 35.3. The fraction of sp³-hybridized carbons (Fsp3) is 0.318. The molecule has 2 atom stereocenters. The van der Waals surface area contributed by atoms with Crippen LogP contribution in [0.2, 0.25) is 0 Å². The molecule has 10 heteroatoms. The third-order valence-corrected chi connectivity index (χ3v) is 11.8. The van der Waals surface area contributed by atoms with Crippen molar-refractivity contribution < 1.29 is 19.4 Å². The number of carbonyl (C=O) groups is 1. The Kier molecular flexibility index (Phi) is 8.65. The van der Waals surface area contributed by atoms with Crippen LogP contribution in [0.25, 0.3) is 44.3 Å². The number of aliphatic carboxylic acids is 1. The first kappa shape index (κ1) is 34.2. The van der Waals surface area contributed by atoms with Crippen LogP contribution >= 0.6 is 0 Å². The number of β-amino-alcohol motifs (C(OH)–C–C–N with tert-alkyl or cyclic N) is 1. The van der Waals surface area contributed by atoms with Crippen molar-refractivity contribution in [2.75, 3.05) is 31.5 Å². The zero-order valence-corrected chi connectivity index (χ0v) is 30.5. The lowest BCUT2D eigenvalue weighted by Crippen LogP contribution is -2.52. The third-order valence-electron chi connectivity index (χ3n) is 11.8. The zero-order valence-electron chi connectivity index (χ0n) is 30.5. The van der Waals surface area contributed by atoms with E-state index in [1.807, 2.05) is 24.5 Å². The predicted molar refractivity (Wildman–Crippen MR) is 208 cm³/mol. The van der Waals surface area contributed by atoms with Gasteiger partial charge in [-0.25, -0.2) is 4.98 Å². The van der Waals surface area contributed by atoms with Gasteiger partial charge in [-0.1, -0.05) is 30.3 Å². The van der Waals surface area contributed by atoms with Gasteiger partial charge < -0.3 is 19.9 Å². The quantitative estimate of drug-likeness (QED) is 0.142. The van der Waals surface area contributed by atoms with Gasteiger partial charge in [0, 0.05) is 73.2 Å². The fourth-order valence-electron chi connectivity index (χ4n) is 8.87. The van der Waals surface area contributed by atoms with Gasteiger partial charge in [-0.15, -0.1) is 0 Å². The number of anilines is 2. The number of hydrogen-bond acceptors (Lipinski definition) is 9. The van der Waals surface area contributed by atoms with E-state index >= 15 is 0 Å². The average molecular weight is 719 g/mol. The predicted octanol–water partition coefficient (Wildman–Crippen LogP) is 7.90. The highest BCUT2D eigenvalue weighted by Gasteiger charge is 2.39. The van der Waals surface area contributed by atoms with Crippen LogP contribution < -0.4 is 5.32 Å². The van der Waals surface area contributed by atoms with E-state index in [4.69, 9.17) is 9.40 Å². The summed E-state index contributed by atoms with van der Waals surface area (Å²) in [7, 11) is 0. The van der Waals surface area contributed by atoms with Crippen LogP contribution in [-0.2, 0) is 17.8 Å². The Hall–Kier alpha value is -5.60. The number of fused-ring (bicyclic) bond motifs is 3. The molecule has 272 valence electrons. The maximum absolute atomic E-state index is 11.5. The number of rotatable bonds is 8. The molecule has 2 saturated heterocycles. The highest BCUT2D eigenvalue weighted by molar-refractivity contribution is 5.93. The number of nitriles is 1. The Bertz CT molecular complexity index is 2500. The van der Waals surface area contributed by atoms with E-state index in [1.54, 1.807) is 0 Å². The second-order valence-electron chi connectivity index (χ2n) is 15.2. The summed E-state index contributed by atoms with van der Waals surface area (Å²) in [5.74, 6) is 0.342. The van der Waals surface area contributed by atoms with Crippen LogP contribution in [0.1, 0.15) is 58.7 Å². The number of nitrogens with one attached hydrogen (secondary N) is 1. The van der Waals surface area contributed by atoms with Crippen LogP contribution in [0, 0.1) is 31.1 Å². The second kappa shape index (κ2) is 13.7. The largest absolute Gasteiger partial charge is 0.481 e. The molecule has 1 aliphatic carbocycles. The Balaban J connectivity index is 1.02. The van der Waals surface area contributed by atoms with Crippen molar-refractivity contribution in [1.82, 2.24) is 19.8 Å². The molecule has 5 heterocycles. The molecule has 0 bridgehead atoms. The molecule has 2 aliphatic heterocycles. The molecule has 1 unspecified atom stereocenters. The lowest BCUT2D eigenvalue weighted by atomic mass is 9.81. The van der Waals surface area contributed by atoms with Crippen molar-refractivity contribution in [2.45, 2.75) is 58.2 Å². The monoisotopic (exact) mass is 718 g/mol. The summed E-state index contributed by atoms with van der Waals surface area (Å²) in [5.41, 5.74) is 11.5. The molecule has 3 aliphatic rings. The Morgan fingerprint density at radius 3 is 2.56 bits per heavy atom. The molecule has 10 nitrogen and oxygen atoms in total. The van der Waals surface area contributed by atoms with Gasteiger partial charge in [0.25, 0.3) is 0 Å². The number of benzene rings is 3. The van der Waals surface area contributed by atoms with E-state index in [0.29, 0.717) is 42.4 Å². The highest BCUT2D eigenvalue weighted by Crippen LogP contribution is 2.44. The maximum Gasteiger partial charge on any atom is 0.309 e. The van der Waals surface area contributed by atoms with Crippen LogP contribution in [0.5, 0.6) is 0 Å². The Morgan fingerprint density at radius 1 is 0.981 bits per heavy atom.